The zero-order valence-corrected chi connectivity index (χ0v) is 19.7. The van der Waals surface area contributed by atoms with Gasteiger partial charge in [0.05, 0.1) is 29.3 Å². The number of carbonyl (C=O) groups is 3. The molecule has 0 spiro atoms. The summed E-state index contributed by atoms with van der Waals surface area (Å²) in [7, 11) is -3.37. The van der Waals surface area contributed by atoms with E-state index >= 15 is 0 Å². The molecule has 1 heterocycles. The molecule has 0 fully saturated rings. The maximum Gasteiger partial charge on any atom is 0.305 e. The molecule has 8 nitrogen and oxygen atoms in total. The van der Waals surface area contributed by atoms with Crippen LogP contribution in [0.5, 0.6) is 0 Å². The molecule has 1 atom stereocenters. The summed E-state index contributed by atoms with van der Waals surface area (Å²) in [5.74, 6) is -1.73. The van der Waals surface area contributed by atoms with Gasteiger partial charge in [0.25, 0.3) is 5.91 Å². The Hall–Kier alpha value is -1.92. The molecular formula is C19H21ClN2O6S3. The lowest BCUT2D eigenvalue weighted by Gasteiger charge is -2.15. The first-order valence-electron chi connectivity index (χ1n) is 8.95. The number of thioether (sulfide) groups is 1. The number of thiophene rings is 1. The van der Waals surface area contributed by atoms with Crippen LogP contribution in [0.15, 0.2) is 36.4 Å². The first-order chi connectivity index (χ1) is 14.5. The molecule has 0 unspecified atom stereocenters. The fraction of sp³-hybridized carbons (Fsp3) is 0.316. The number of carbonyl (C=O) groups excluding carboxylic acids is 2. The van der Waals surface area contributed by atoms with Gasteiger partial charge in [0.1, 0.15) is 0 Å². The van der Waals surface area contributed by atoms with Gasteiger partial charge < -0.3 is 10.4 Å². The second kappa shape index (κ2) is 11.6. The molecule has 168 valence electrons. The summed E-state index contributed by atoms with van der Waals surface area (Å²) in [4.78, 5) is 37.0. The second-order valence-corrected chi connectivity index (χ2v) is 10.9. The maximum atomic E-state index is 12.5. The number of Topliss-reactive ketones (excluding diaryl/α,β-unsaturated/α-hetero) is 1. The highest BCUT2D eigenvalue weighted by Gasteiger charge is 2.24. The lowest BCUT2D eigenvalue weighted by Crippen LogP contribution is -2.43. The fourth-order valence-corrected chi connectivity index (χ4v) is 5.04. The number of halogens is 1. The molecule has 31 heavy (non-hydrogen) atoms. The van der Waals surface area contributed by atoms with Gasteiger partial charge in [0.15, 0.2) is 5.78 Å². The Morgan fingerprint density at radius 3 is 2.55 bits per heavy atom. The van der Waals surface area contributed by atoms with Crippen LogP contribution in [0, 0.1) is 0 Å². The van der Waals surface area contributed by atoms with Gasteiger partial charge in [0.2, 0.25) is 10.0 Å². The molecule has 0 bridgehead atoms. The third-order valence-electron chi connectivity index (χ3n) is 3.93. The number of rotatable bonds is 12. The van der Waals surface area contributed by atoms with Gasteiger partial charge in [-0.3, -0.25) is 14.4 Å². The van der Waals surface area contributed by atoms with E-state index in [0.717, 1.165) is 23.2 Å². The molecule has 1 aromatic heterocycles. The van der Waals surface area contributed by atoms with E-state index in [2.05, 4.69) is 10.0 Å². The molecule has 0 saturated heterocycles. The molecule has 1 amide bonds. The molecule has 0 aliphatic heterocycles. The fourth-order valence-electron chi connectivity index (χ4n) is 2.42. The Balaban J connectivity index is 1.96. The Labute approximate surface area is 193 Å². The lowest BCUT2D eigenvalue weighted by atomic mass is 10.1. The van der Waals surface area contributed by atoms with Crippen molar-refractivity contribution >= 4 is 62.4 Å². The smallest absolute Gasteiger partial charge is 0.305 e. The van der Waals surface area contributed by atoms with E-state index in [-0.39, 0.29) is 17.2 Å². The topological polar surface area (TPSA) is 130 Å². The van der Waals surface area contributed by atoms with Crippen molar-refractivity contribution in [2.24, 2.45) is 0 Å². The van der Waals surface area contributed by atoms with Crippen LogP contribution in [-0.2, 0) is 31.9 Å². The molecule has 0 aliphatic rings. The molecule has 2 rings (SSSR count). The van der Waals surface area contributed by atoms with Crippen LogP contribution in [0.3, 0.4) is 0 Å². The average Bonchev–Trinajstić information content (AvgIpc) is 3.15. The molecule has 12 heteroatoms. The van der Waals surface area contributed by atoms with E-state index in [1.54, 1.807) is 18.2 Å². The van der Waals surface area contributed by atoms with Crippen molar-refractivity contribution in [2.75, 3.05) is 12.0 Å². The predicted molar refractivity (Wildman–Crippen MR) is 122 cm³/mol. The maximum absolute atomic E-state index is 12.5. The minimum absolute atomic E-state index is 0.0113. The van der Waals surface area contributed by atoms with E-state index in [4.69, 9.17) is 16.7 Å². The first kappa shape index (κ1) is 25.3. The van der Waals surface area contributed by atoms with Crippen molar-refractivity contribution in [1.82, 2.24) is 10.0 Å². The van der Waals surface area contributed by atoms with Crippen LogP contribution in [0.25, 0.3) is 0 Å². The summed E-state index contributed by atoms with van der Waals surface area (Å²) >= 11 is 8.42. The number of nitrogens with one attached hydrogen (secondary N) is 2. The van der Waals surface area contributed by atoms with E-state index < -0.39 is 40.1 Å². The van der Waals surface area contributed by atoms with E-state index in [1.807, 2.05) is 12.1 Å². The molecule has 2 aromatic rings. The molecule has 3 N–H and O–H groups in total. The molecular weight excluding hydrogens is 484 g/mol. The van der Waals surface area contributed by atoms with Crippen molar-refractivity contribution < 1.29 is 27.9 Å². The first-order valence-corrected chi connectivity index (χ1v) is 13.2. The number of carboxylic acid groups (broad SMARTS) is 1. The van der Waals surface area contributed by atoms with Gasteiger partial charge in [-0.2, -0.15) is 0 Å². The summed E-state index contributed by atoms with van der Waals surface area (Å²) in [6, 6.07) is 9.12. The summed E-state index contributed by atoms with van der Waals surface area (Å²) in [6.07, 6.45) is 0.491. The number of amides is 1. The normalized spacial score (nSPS) is 12.3. The standard InChI is InChI=1S/C19H21ClN2O6S3/c1-31(27,28)21-9-13-6-7-17(30-13)19(26)22-15(8-18(24)25)16(23)11-29-10-12-4-2-3-5-14(12)20/h2-7,15,21H,8-11H2,1H3,(H,22,26)(H,24,25)/t15-/m0/s1. The second-order valence-electron chi connectivity index (χ2n) is 6.53. The number of hydrogen-bond donors (Lipinski definition) is 3. The molecule has 0 aliphatic carbocycles. The summed E-state index contributed by atoms with van der Waals surface area (Å²) in [5.41, 5.74) is 0.856. The van der Waals surface area contributed by atoms with E-state index in [0.29, 0.717) is 15.7 Å². The third-order valence-corrected chi connectivity index (χ3v) is 7.05. The Morgan fingerprint density at radius 1 is 1.19 bits per heavy atom. The van der Waals surface area contributed by atoms with Gasteiger partial charge in [0, 0.05) is 22.2 Å². The van der Waals surface area contributed by atoms with Gasteiger partial charge in [-0.05, 0) is 23.8 Å². The third kappa shape index (κ3) is 8.99. The Kier molecular flexibility index (Phi) is 9.51. The number of sulfonamides is 1. The van der Waals surface area contributed by atoms with Crippen molar-refractivity contribution in [3.63, 3.8) is 0 Å². The summed E-state index contributed by atoms with van der Waals surface area (Å²) < 4.78 is 24.7. The lowest BCUT2D eigenvalue weighted by molar-refractivity contribution is -0.139. The van der Waals surface area contributed by atoms with Crippen LogP contribution in [0.2, 0.25) is 5.02 Å². The predicted octanol–water partition coefficient (Wildman–Crippen LogP) is 2.53. The molecule has 0 radical (unpaired) electrons. The van der Waals surface area contributed by atoms with E-state index in [1.165, 1.54) is 17.8 Å². The average molecular weight is 505 g/mol. The number of aliphatic carboxylic acids is 1. The van der Waals surface area contributed by atoms with Crippen molar-refractivity contribution in [3.05, 3.63) is 56.7 Å². The van der Waals surface area contributed by atoms with Gasteiger partial charge >= 0.3 is 5.97 Å². The minimum atomic E-state index is -3.37. The molecule has 0 saturated carbocycles. The van der Waals surface area contributed by atoms with Gasteiger partial charge in [-0.15, -0.1) is 23.1 Å². The highest BCUT2D eigenvalue weighted by Crippen LogP contribution is 2.21. The molecule has 1 aromatic carbocycles. The number of carboxylic acids is 1. The quantitative estimate of drug-likeness (QED) is 0.405. The highest BCUT2D eigenvalue weighted by atomic mass is 35.5. The summed E-state index contributed by atoms with van der Waals surface area (Å²) in [6.45, 7) is 0.0347. The SMILES string of the molecule is CS(=O)(=O)NCc1ccc(C(=O)N[C@@H](CC(=O)O)C(=O)CSCc2ccccc2Cl)s1. The Bertz CT molecular complexity index is 1050. The largest absolute Gasteiger partial charge is 0.481 e. The van der Waals surface area contributed by atoms with Crippen molar-refractivity contribution in [3.8, 4) is 0 Å². The van der Waals surface area contributed by atoms with Crippen LogP contribution in [-0.4, -0.2) is 49.2 Å². The highest BCUT2D eigenvalue weighted by molar-refractivity contribution is 7.99. The minimum Gasteiger partial charge on any atom is -0.481 e. The van der Waals surface area contributed by atoms with Crippen LogP contribution in [0.4, 0.5) is 0 Å². The zero-order chi connectivity index (χ0) is 23.0. The van der Waals surface area contributed by atoms with Crippen molar-refractivity contribution in [2.45, 2.75) is 24.8 Å². The Morgan fingerprint density at radius 2 is 1.90 bits per heavy atom. The number of hydrogen-bond acceptors (Lipinski definition) is 7. The zero-order valence-electron chi connectivity index (χ0n) is 16.5. The summed E-state index contributed by atoms with van der Waals surface area (Å²) in [5, 5.41) is 12.2. The van der Waals surface area contributed by atoms with Crippen LogP contribution < -0.4 is 10.0 Å². The van der Waals surface area contributed by atoms with Crippen LogP contribution in [0.1, 0.15) is 26.5 Å². The van der Waals surface area contributed by atoms with E-state index in [9.17, 15) is 22.8 Å². The van der Waals surface area contributed by atoms with Crippen LogP contribution >= 0.6 is 34.7 Å². The van der Waals surface area contributed by atoms with Crippen molar-refractivity contribution in [1.29, 1.82) is 0 Å². The van der Waals surface area contributed by atoms with Gasteiger partial charge in [-0.25, -0.2) is 13.1 Å². The number of benzene rings is 1. The van der Waals surface area contributed by atoms with Gasteiger partial charge in [-0.1, -0.05) is 29.8 Å². The monoisotopic (exact) mass is 504 g/mol. The number of ketones is 1.